The summed E-state index contributed by atoms with van der Waals surface area (Å²) in [7, 11) is 1.48. The zero-order chi connectivity index (χ0) is 25.9. The summed E-state index contributed by atoms with van der Waals surface area (Å²) in [5.41, 5.74) is 0.0904. The Balaban J connectivity index is 1.41. The van der Waals surface area contributed by atoms with Crippen LogP contribution in [0.25, 0.3) is 0 Å². The Morgan fingerprint density at radius 3 is 2.43 bits per heavy atom. The molecule has 0 bridgehead atoms. The smallest absolute Gasteiger partial charge is 0.253 e. The van der Waals surface area contributed by atoms with Crippen LogP contribution in [0.2, 0.25) is 0 Å². The van der Waals surface area contributed by atoms with Gasteiger partial charge in [-0.3, -0.25) is 24.5 Å². The number of carbonyl (C=O) groups is 4. The number of para-hydroxylation sites is 3. The number of benzene rings is 2. The molecule has 10 nitrogen and oxygen atoms in total. The maximum atomic E-state index is 14.3. The van der Waals surface area contributed by atoms with E-state index in [1.807, 2.05) is 6.92 Å². The summed E-state index contributed by atoms with van der Waals surface area (Å²) in [5.74, 6) is -2.71. The van der Waals surface area contributed by atoms with Crippen molar-refractivity contribution >= 4 is 35.0 Å². The summed E-state index contributed by atoms with van der Waals surface area (Å²) < 4.78 is 10.8. The Kier molecular flexibility index (Phi) is 5.54. The fourth-order valence-electron chi connectivity index (χ4n) is 6.37. The third-order valence-electron chi connectivity index (χ3n) is 8.00. The van der Waals surface area contributed by atoms with Crippen LogP contribution in [0.4, 0.5) is 11.4 Å². The van der Waals surface area contributed by atoms with E-state index in [1.54, 1.807) is 53.4 Å². The van der Waals surface area contributed by atoms with E-state index in [1.165, 1.54) is 12.0 Å². The van der Waals surface area contributed by atoms with Crippen LogP contribution in [0.5, 0.6) is 5.75 Å². The van der Waals surface area contributed by atoms with Gasteiger partial charge in [-0.25, -0.2) is 4.90 Å². The number of hydrogen-bond donors (Lipinski definition) is 1. The number of rotatable bonds is 4. The quantitative estimate of drug-likeness (QED) is 0.616. The first-order valence-electron chi connectivity index (χ1n) is 12.5. The summed E-state index contributed by atoms with van der Waals surface area (Å²) >= 11 is 0. The molecule has 6 rings (SSSR count). The Hall–Kier alpha value is -3.76. The lowest BCUT2D eigenvalue weighted by Crippen LogP contribution is -2.56. The molecule has 2 aromatic rings. The highest BCUT2D eigenvalue weighted by Crippen LogP contribution is 2.55. The second-order valence-corrected chi connectivity index (χ2v) is 9.83. The van der Waals surface area contributed by atoms with Crippen LogP contribution in [0.3, 0.4) is 0 Å². The van der Waals surface area contributed by atoms with Crippen molar-refractivity contribution in [3.63, 3.8) is 0 Å². The lowest BCUT2D eigenvalue weighted by Gasteiger charge is -2.31. The maximum Gasteiger partial charge on any atom is 0.253 e. The van der Waals surface area contributed by atoms with Gasteiger partial charge in [-0.1, -0.05) is 30.3 Å². The molecule has 4 atom stereocenters. The zero-order valence-corrected chi connectivity index (χ0v) is 20.7. The highest BCUT2D eigenvalue weighted by atomic mass is 16.5. The van der Waals surface area contributed by atoms with Crippen molar-refractivity contribution in [1.82, 2.24) is 10.2 Å². The van der Waals surface area contributed by atoms with Crippen molar-refractivity contribution in [2.24, 2.45) is 11.8 Å². The number of ether oxygens (including phenoxy) is 2. The lowest BCUT2D eigenvalue weighted by molar-refractivity contribution is -0.136. The number of anilines is 2. The Bertz CT molecular complexity index is 1310. The first-order valence-corrected chi connectivity index (χ1v) is 12.5. The Morgan fingerprint density at radius 1 is 1.03 bits per heavy atom. The first-order chi connectivity index (χ1) is 17.9. The van der Waals surface area contributed by atoms with Crippen LogP contribution < -0.4 is 19.9 Å². The SMILES string of the molecule is COc1ccccc1N1C(=O)[C@@H]2[C@H](C)N[C@@]3(C(=O)N(CC(=O)N4CCOCC4)c4ccccc43)[C@H]2C1=O. The van der Waals surface area contributed by atoms with Gasteiger partial charge in [-0.05, 0) is 25.1 Å². The highest BCUT2D eigenvalue weighted by Gasteiger charge is 2.71. The number of nitrogens with zero attached hydrogens (tertiary/aromatic N) is 3. The number of carbonyl (C=O) groups excluding carboxylic acids is 4. The normalized spacial score (nSPS) is 28.8. The molecule has 4 aliphatic heterocycles. The van der Waals surface area contributed by atoms with Gasteiger partial charge in [0, 0.05) is 30.4 Å². The van der Waals surface area contributed by atoms with Crippen LogP contribution in [0.1, 0.15) is 12.5 Å². The number of hydrogen-bond acceptors (Lipinski definition) is 7. The van der Waals surface area contributed by atoms with Gasteiger partial charge in [0.2, 0.25) is 17.7 Å². The summed E-state index contributed by atoms with van der Waals surface area (Å²) in [6.07, 6.45) is 0. The fraction of sp³-hybridized carbons (Fsp3) is 0.407. The van der Waals surface area contributed by atoms with Crippen molar-refractivity contribution in [3.8, 4) is 5.75 Å². The molecule has 3 fully saturated rings. The van der Waals surface area contributed by atoms with Crippen LogP contribution in [-0.2, 0) is 29.5 Å². The molecule has 1 N–H and O–H groups in total. The average molecular weight is 505 g/mol. The number of fused-ring (bicyclic) bond motifs is 4. The van der Waals surface area contributed by atoms with E-state index in [-0.39, 0.29) is 18.4 Å². The monoisotopic (exact) mass is 504 g/mol. The molecular weight excluding hydrogens is 476 g/mol. The third kappa shape index (κ3) is 3.25. The Labute approximate surface area is 214 Å². The van der Waals surface area contributed by atoms with Crippen molar-refractivity contribution in [1.29, 1.82) is 0 Å². The van der Waals surface area contributed by atoms with Crippen LogP contribution in [0.15, 0.2) is 48.5 Å². The highest BCUT2D eigenvalue weighted by molar-refractivity contribution is 6.26. The predicted molar refractivity (Wildman–Crippen MR) is 133 cm³/mol. The van der Waals surface area contributed by atoms with E-state index in [0.717, 1.165) is 4.90 Å². The summed E-state index contributed by atoms with van der Waals surface area (Å²) in [4.78, 5) is 59.5. The number of imide groups is 1. The molecule has 0 aromatic heterocycles. The second-order valence-electron chi connectivity index (χ2n) is 9.83. The van der Waals surface area contributed by atoms with Gasteiger partial charge in [0.1, 0.15) is 17.8 Å². The summed E-state index contributed by atoms with van der Waals surface area (Å²) in [6, 6.07) is 13.6. The molecule has 4 heterocycles. The van der Waals surface area contributed by atoms with E-state index in [0.29, 0.717) is 49.0 Å². The molecule has 0 unspecified atom stereocenters. The molecule has 0 saturated carbocycles. The molecule has 4 aliphatic rings. The van der Waals surface area contributed by atoms with Gasteiger partial charge in [-0.15, -0.1) is 0 Å². The Morgan fingerprint density at radius 2 is 1.70 bits per heavy atom. The minimum atomic E-state index is -1.45. The van der Waals surface area contributed by atoms with Crippen LogP contribution in [-0.4, -0.2) is 74.5 Å². The molecular formula is C27H28N4O6. The van der Waals surface area contributed by atoms with E-state index >= 15 is 0 Å². The van der Waals surface area contributed by atoms with Crippen LogP contribution >= 0.6 is 0 Å². The lowest BCUT2D eigenvalue weighted by atomic mass is 9.76. The second kappa shape index (κ2) is 8.67. The molecule has 3 saturated heterocycles. The third-order valence-corrected chi connectivity index (χ3v) is 8.00. The van der Waals surface area contributed by atoms with Gasteiger partial charge in [0.15, 0.2) is 0 Å². The van der Waals surface area contributed by atoms with Crippen LogP contribution in [0, 0.1) is 11.8 Å². The van der Waals surface area contributed by atoms with E-state index in [4.69, 9.17) is 9.47 Å². The predicted octanol–water partition coefficient (Wildman–Crippen LogP) is 0.893. The first kappa shape index (κ1) is 23.6. The number of amides is 4. The molecule has 0 radical (unpaired) electrons. The molecule has 10 heteroatoms. The van der Waals surface area contributed by atoms with Crippen molar-refractivity contribution in [3.05, 3.63) is 54.1 Å². The zero-order valence-electron chi connectivity index (χ0n) is 20.7. The molecule has 4 amide bonds. The van der Waals surface area contributed by atoms with Crippen molar-refractivity contribution < 1.29 is 28.7 Å². The minimum absolute atomic E-state index is 0.149. The number of nitrogens with one attached hydrogen (secondary N) is 1. The number of methoxy groups -OCH3 is 1. The van der Waals surface area contributed by atoms with Gasteiger partial charge >= 0.3 is 0 Å². The maximum absolute atomic E-state index is 14.3. The molecule has 2 aromatic carbocycles. The molecule has 1 spiro atoms. The summed E-state index contributed by atoms with van der Waals surface area (Å²) in [5, 5.41) is 3.35. The van der Waals surface area contributed by atoms with Crippen molar-refractivity contribution in [2.45, 2.75) is 18.5 Å². The molecule has 37 heavy (non-hydrogen) atoms. The van der Waals surface area contributed by atoms with E-state index in [9.17, 15) is 19.2 Å². The van der Waals surface area contributed by atoms with Gasteiger partial charge in [-0.2, -0.15) is 0 Å². The standard InChI is InChI=1S/C27H28N4O6/c1-16-22-23(25(34)31(24(22)33)19-9-5-6-10-20(19)36-2)27(28-16)17-7-3-4-8-18(17)30(26(27)35)15-21(32)29-11-13-37-14-12-29/h3-10,16,22-23,28H,11-15H2,1-2H3/t16-,22+,23+,27+/m0/s1. The number of morpholine rings is 1. The molecule has 0 aliphatic carbocycles. The van der Waals surface area contributed by atoms with Gasteiger partial charge in [0.05, 0.1) is 37.8 Å². The van der Waals surface area contributed by atoms with Gasteiger partial charge < -0.3 is 19.3 Å². The molecule has 192 valence electrons. The average Bonchev–Trinajstić information content (AvgIpc) is 3.47. The topological polar surface area (TPSA) is 108 Å². The minimum Gasteiger partial charge on any atom is -0.495 e. The van der Waals surface area contributed by atoms with E-state index < -0.39 is 35.2 Å². The summed E-state index contributed by atoms with van der Waals surface area (Å²) in [6.45, 7) is 3.52. The van der Waals surface area contributed by atoms with Gasteiger partial charge in [0.25, 0.3) is 5.91 Å². The van der Waals surface area contributed by atoms with E-state index in [2.05, 4.69) is 5.32 Å². The fourth-order valence-corrected chi connectivity index (χ4v) is 6.37. The largest absolute Gasteiger partial charge is 0.495 e. The van der Waals surface area contributed by atoms with Crippen molar-refractivity contribution in [2.75, 3.05) is 49.8 Å².